The van der Waals surface area contributed by atoms with Gasteiger partial charge in [-0.05, 0) is 93.1 Å². The summed E-state index contributed by atoms with van der Waals surface area (Å²) in [6.07, 6.45) is -4.68. The summed E-state index contributed by atoms with van der Waals surface area (Å²) in [5, 5.41) is 10.6. The Hall–Kier alpha value is -5.13. The molecule has 1 amide bonds. The van der Waals surface area contributed by atoms with Gasteiger partial charge in [0, 0.05) is 51.2 Å². The van der Waals surface area contributed by atoms with Crippen LogP contribution >= 0.6 is 11.6 Å². The van der Waals surface area contributed by atoms with E-state index in [9.17, 15) is 39.4 Å². The fraction of sp³-hybridized carbons (Fsp3) is 0.405. The molecule has 2 aromatic carbocycles. The normalized spacial score (nSPS) is 19.4. The van der Waals surface area contributed by atoms with Crippen molar-refractivity contribution in [3.8, 4) is 23.0 Å². The van der Waals surface area contributed by atoms with Gasteiger partial charge in [-0.25, -0.2) is 26.4 Å². The average molecular weight is 938 g/mol. The van der Waals surface area contributed by atoms with Crippen LogP contribution in [0.3, 0.4) is 0 Å². The van der Waals surface area contributed by atoms with E-state index in [-0.39, 0.29) is 45.5 Å². The monoisotopic (exact) mass is 937 g/mol. The molecular weight excluding hydrogens is 899 g/mol. The Bertz CT molecular complexity index is 3000. The largest absolute Gasteiger partial charge is 0.435 e. The van der Waals surface area contributed by atoms with Crippen LogP contribution in [0, 0.1) is 29.4 Å². The number of pyridine rings is 1. The fourth-order valence-electron chi connectivity index (χ4n) is 8.18. The van der Waals surface area contributed by atoms with Crippen LogP contribution in [-0.4, -0.2) is 64.7 Å². The summed E-state index contributed by atoms with van der Waals surface area (Å²) in [5.74, 6) is 0.423. The lowest BCUT2D eigenvalue weighted by molar-refractivity contribution is -0.142. The highest BCUT2D eigenvalue weighted by molar-refractivity contribution is 8.01. The molecule has 1 unspecified atom stereocenters. The van der Waals surface area contributed by atoms with E-state index in [2.05, 4.69) is 37.9 Å². The van der Waals surface area contributed by atoms with Gasteiger partial charge in [0.1, 0.15) is 34.3 Å². The first-order chi connectivity index (χ1) is 29.3. The van der Waals surface area contributed by atoms with Crippen molar-refractivity contribution in [3.05, 3.63) is 93.0 Å². The Morgan fingerprint density at radius 3 is 2.35 bits per heavy atom. The van der Waals surface area contributed by atoms with Gasteiger partial charge < -0.3 is 5.32 Å². The number of carbonyl (C=O) groups excluding carboxylic acids is 1. The van der Waals surface area contributed by atoms with Crippen LogP contribution in [0.1, 0.15) is 85.9 Å². The number of alkyl halides is 5. The molecule has 0 bridgehead atoms. The maximum atomic E-state index is 15.5. The zero-order valence-electron chi connectivity index (χ0n) is 34.0. The summed E-state index contributed by atoms with van der Waals surface area (Å²) in [4.78, 5) is 18.9. The number of hydrogen-bond acceptors (Lipinski definition) is 7. The summed E-state index contributed by atoms with van der Waals surface area (Å²) in [5.41, 5.74) is -2.27. The van der Waals surface area contributed by atoms with Crippen LogP contribution in [0.25, 0.3) is 22.0 Å². The molecule has 2 N–H and O–H groups in total. The number of hydrogen-bond donors (Lipinski definition) is 2. The number of rotatable bonds is 12. The topological polar surface area (TPSA) is 141 Å². The average Bonchev–Trinajstić information content (AvgIpc) is 4.11. The van der Waals surface area contributed by atoms with Gasteiger partial charge in [0.25, 0.3) is 5.92 Å². The third-order valence-corrected chi connectivity index (χ3v) is 16.3. The smallest absolute Gasteiger partial charge is 0.346 e. The number of carbonyl (C=O) groups is 1. The number of nitrogens with one attached hydrogen (secondary N) is 2. The van der Waals surface area contributed by atoms with Gasteiger partial charge >= 0.3 is 6.18 Å². The Morgan fingerprint density at radius 2 is 1.71 bits per heavy atom. The highest BCUT2D eigenvalue weighted by Gasteiger charge is 2.68. The van der Waals surface area contributed by atoms with Gasteiger partial charge in [0.05, 0.1) is 32.9 Å². The van der Waals surface area contributed by atoms with Crippen molar-refractivity contribution >= 4 is 59.6 Å². The molecule has 0 radical (unpaired) electrons. The summed E-state index contributed by atoms with van der Waals surface area (Å²) in [7, 11) is -5.00. The van der Waals surface area contributed by atoms with Crippen molar-refractivity contribution in [3.63, 3.8) is 0 Å². The van der Waals surface area contributed by atoms with Crippen molar-refractivity contribution in [1.29, 1.82) is 0 Å². The highest BCUT2D eigenvalue weighted by Crippen LogP contribution is 2.68. The molecule has 0 saturated heterocycles. The van der Waals surface area contributed by atoms with Crippen molar-refractivity contribution in [1.82, 2.24) is 29.9 Å². The van der Waals surface area contributed by atoms with Crippen LogP contribution in [0.4, 0.5) is 36.6 Å². The minimum absolute atomic E-state index is 0.00612. The lowest BCUT2D eigenvalue weighted by atomic mass is 9.93. The van der Waals surface area contributed by atoms with E-state index in [0.29, 0.717) is 40.1 Å². The van der Waals surface area contributed by atoms with Gasteiger partial charge in [-0.3, -0.25) is 18.9 Å². The molecule has 3 aliphatic rings. The summed E-state index contributed by atoms with van der Waals surface area (Å²) < 4.78 is 146. The van der Waals surface area contributed by atoms with E-state index >= 15 is 8.78 Å². The Labute approximate surface area is 362 Å². The third kappa shape index (κ3) is 8.16. The maximum Gasteiger partial charge on any atom is 0.435 e. The van der Waals surface area contributed by atoms with Crippen LogP contribution in [0.2, 0.25) is 5.02 Å². The standard InChI is InChI=1S/C42H39ClF7N7O4S2/c1-6-62(5,59)55-39-34-30(43)12-11-27(36(34)56(4)54-39)26-10-7-24(13-14-40(2,3)63(60,61)25-8-9-25)51-35(26)31(17-21-15-22(44)18-23(45)16-21)52-32(58)20-57-38-33(37(53-57)42(48,49)50)28-19-29(28)41(38,46)47/h7,10-12,15-16,18,25,28-29,31H,5-6,8-9,17,19-20H2,1-4H3,(H,52,58)(H,54,55,59)/t28-,29+,31-,62?/m0/s1. The number of halogens is 8. The summed E-state index contributed by atoms with van der Waals surface area (Å²) >= 11 is 6.72. The predicted octanol–water partition coefficient (Wildman–Crippen LogP) is 7.86. The molecule has 2 saturated carbocycles. The second kappa shape index (κ2) is 15.3. The quantitative estimate of drug-likeness (QED) is 0.0738. The Balaban J connectivity index is 1.29. The Kier molecular flexibility index (Phi) is 10.8. The molecule has 11 nitrogen and oxygen atoms in total. The predicted molar refractivity (Wildman–Crippen MR) is 224 cm³/mol. The summed E-state index contributed by atoms with van der Waals surface area (Å²) in [6, 6.07) is 7.30. The molecule has 8 rings (SSSR count). The first-order valence-corrected chi connectivity index (χ1v) is 23.5. The zero-order valence-corrected chi connectivity index (χ0v) is 36.4. The molecule has 4 atom stereocenters. The fourth-order valence-corrected chi connectivity index (χ4v) is 10.8. The number of nitrogens with zero attached hydrogens (tertiary/aromatic N) is 5. The number of benzene rings is 2. The highest BCUT2D eigenvalue weighted by atomic mass is 35.5. The molecule has 5 aromatic rings. The molecule has 0 spiro atoms. The SMILES string of the molecule is C=S(=O)(CC)Nc1nn(C)c2c(-c3ccc(C#CC(C)(C)S(=O)(=O)C4CC4)nc3[C@H](Cc3cc(F)cc(F)c3)NC(=O)Cn3nc(C(F)(F)F)c4c3C(F)(F)[C@@H]3C[C@H]43)ccc(Cl)c12. The van der Waals surface area contributed by atoms with Crippen molar-refractivity contribution in [2.75, 3.05) is 10.5 Å². The molecule has 3 aromatic heterocycles. The van der Waals surface area contributed by atoms with Gasteiger partial charge in [0.2, 0.25) is 5.91 Å². The first-order valence-electron chi connectivity index (χ1n) is 19.7. The number of sulfone groups is 1. The molecule has 3 heterocycles. The number of anilines is 1. The minimum Gasteiger partial charge on any atom is -0.346 e. The lowest BCUT2D eigenvalue weighted by Crippen LogP contribution is -2.35. The molecule has 2 fully saturated rings. The van der Waals surface area contributed by atoms with E-state index < -0.39 is 107 Å². The van der Waals surface area contributed by atoms with Gasteiger partial charge in [-0.15, -0.1) is 0 Å². The van der Waals surface area contributed by atoms with Gasteiger partial charge in [-0.2, -0.15) is 32.1 Å². The summed E-state index contributed by atoms with van der Waals surface area (Å²) in [6.45, 7) is 3.46. The third-order valence-electron chi connectivity index (χ3n) is 11.6. The van der Waals surface area contributed by atoms with E-state index in [4.69, 9.17) is 16.6 Å². The van der Waals surface area contributed by atoms with E-state index in [1.54, 1.807) is 26.1 Å². The molecular formula is C42H39ClF7N7O4S2. The molecule has 0 aliphatic heterocycles. The molecule has 63 heavy (non-hydrogen) atoms. The van der Waals surface area contributed by atoms with Crippen LogP contribution in [-0.2, 0) is 56.5 Å². The second-order valence-electron chi connectivity index (χ2n) is 16.6. The second-order valence-corrected chi connectivity index (χ2v) is 22.2. The minimum atomic E-state index is -5.10. The molecule has 334 valence electrons. The van der Waals surface area contributed by atoms with Crippen LogP contribution < -0.4 is 10.0 Å². The number of fused-ring (bicyclic) bond motifs is 4. The molecule has 3 aliphatic carbocycles. The zero-order chi connectivity index (χ0) is 45.8. The van der Waals surface area contributed by atoms with Crippen LogP contribution in [0.5, 0.6) is 0 Å². The Morgan fingerprint density at radius 1 is 1.05 bits per heavy atom. The van der Waals surface area contributed by atoms with E-state index in [0.717, 1.165) is 12.1 Å². The van der Waals surface area contributed by atoms with E-state index in [1.807, 2.05) is 0 Å². The van der Waals surface area contributed by atoms with E-state index in [1.165, 1.54) is 30.7 Å². The number of amides is 1. The number of aryl methyl sites for hydroxylation is 1. The van der Waals surface area contributed by atoms with Crippen LogP contribution in [0.15, 0.2) is 42.5 Å². The molecule has 21 heteroatoms. The van der Waals surface area contributed by atoms with Gasteiger partial charge in [-0.1, -0.05) is 30.5 Å². The van der Waals surface area contributed by atoms with Gasteiger partial charge in [0.15, 0.2) is 21.3 Å². The van der Waals surface area contributed by atoms with Crippen molar-refractivity contribution in [2.24, 2.45) is 13.0 Å². The maximum absolute atomic E-state index is 15.5. The number of aromatic nitrogens is 5. The lowest BCUT2D eigenvalue weighted by Gasteiger charge is -2.23. The van der Waals surface area contributed by atoms with Crippen molar-refractivity contribution in [2.45, 2.75) is 87.1 Å². The first kappa shape index (κ1) is 44.5. The van der Waals surface area contributed by atoms with Crippen molar-refractivity contribution < 1.29 is 48.2 Å².